The van der Waals surface area contributed by atoms with Crippen LogP contribution in [0, 0.1) is 5.92 Å². The van der Waals surface area contributed by atoms with Crippen LogP contribution in [0.25, 0.3) is 11.6 Å². The normalized spacial score (nSPS) is 21.7. The number of rotatable bonds is 5. The topological polar surface area (TPSA) is 192 Å². The van der Waals surface area contributed by atoms with Crippen LogP contribution in [-0.2, 0) is 26.2 Å². The number of hydrogen-bond acceptors (Lipinski definition) is 11. The Kier molecular flexibility index (Phi) is 8.04. The van der Waals surface area contributed by atoms with Crippen LogP contribution in [0.15, 0.2) is 57.6 Å². The summed E-state index contributed by atoms with van der Waals surface area (Å²) in [4.78, 5) is 44.7. The van der Waals surface area contributed by atoms with E-state index < -0.39 is 35.2 Å². The number of methoxy groups -OCH3 is 1. The summed E-state index contributed by atoms with van der Waals surface area (Å²) in [6, 6.07) is 13.5. The van der Waals surface area contributed by atoms with Crippen molar-refractivity contribution in [3.63, 3.8) is 0 Å². The molecule has 5 N–H and O–H groups in total. The highest BCUT2D eigenvalue weighted by molar-refractivity contribution is 5.87. The van der Waals surface area contributed by atoms with E-state index in [1.54, 1.807) is 6.92 Å². The molecular formula is C34H37N5O8. The van der Waals surface area contributed by atoms with Gasteiger partial charge in [-0.1, -0.05) is 51.1 Å². The zero-order valence-corrected chi connectivity index (χ0v) is 26.7. The van der Waals surface area contributed by atoms with Gasteiger partial charge in [-0.2, -0.15) is 0 Å². The van der Waals surface area contributed by atoms with E-state index in [4.69, 9.17) is 34.1 Å². The summed E-state index contributed by atoms with van der Waals surface area (Å²) < 4.78 is 23.8. The molecule has 0 saturated carbocycles. The summed E-state index contributed by atoms with van der Waals surface area (Å²) >= 11 is 0. The van der Waals surface area contributed by atoms with Gasteiger partial charge in [0.15, 0.2) is 23.4 Å². The van der Waals surface area contributed by atoms with Gasteiger partial charge in [0.05, 0.1) is 7.11 Å². The Hall–Kier alpha value is -5.17. The second-order valence-electron chi connectivity index (χ2n) is 12.4. The molecule has 47 heavy (non-hydrogen) atoms. The highest BCUT2D eigenvalue weighted by Gasteiger charge is 2.61. The zero-order valence-electron chi connectivity index (χ0n) is 26.7. The number of nitrogens with one attached hydrogen (secondary N) is 2. The van der Waals surface area contributed by atoms with E-state index in [9.17, 15) is 14.4 Å². The Morgan fingerprint density at radius 2 is 1.91 bits per heavy atom. The predicted molar refractivity (Wildman–Crippen MR) is 168 cm³/mol. The average molecular weight is 644 g/mol. The second-order valence-corrected chi connectivity index (χ2v) is 12.4. The molecule has 246 valence electrons. The van der Waals surface area contributed by atoms with E-state index in [1.807, 2.05) is 50.2 Å². The third-order valence-corrected chi connectivity index (χ3v) is 8.96. The van der Waals surface area contributed by atoms with Gasteiger partial charge in [0.2, 0.25) is 23.6 Å². The number of primary amides is 1. The van der Waals surface area contributed by atoms with E-state index in [0.29, 0.717) is 42.4 Å². The first-order valence-corrected chi connectivity index (χ1v) is 15.4. The molecular weight excluding hydrogens is 606 g/mol. The number of benzene rings is 2. The highest BCUT2D eigenvalue weighted by Crippen LogP contribution is 2.59. The lowest BCUT2D eigenvalue weighted by Gasteiger charge is -2.27. The lowest BCUT2D eigenvalue weighted by Crippen LogP contribution is -2.40. The molecule has 0 saturated heterocycles. The number of esters is 1. The second kappa shape index (κ2) is 11.9. The lowest BCUT2D eigenvalue weighted by molar-refractivity contribution is -0.134. The number of hydrogen-bond donors (Lipinski definition) is 4. The standard InChI is InChI=1S/C29H26N4O6.C5H11NO2/c1-14(2)22-26-33-23(25-30-19(13-37-25)27(35)36-3)24(39-26)29-16-6-4-5-7-18(16)31-28(29)38-20-10-8-15(12-17(20)29)9-11-21(34)32-22;1-3-5(2,8)4(6)7/h4-8,10,12-14,22,28,31H,9,11H2,1-3H3,(H,32,34);8H,3H2,1-2H3,(H2,6,7)/t22?,28?,29-;/m0./s1. The van der Waals surface area contributed by atoms with E-state index in [1.165, 1.54) is 20.3 Å². The van der Waals surface area contributed by atoms with Crippen molar-refractivity contribution in [3.8, 4) is 17.3 Å². The van der Waals surface area contributed by atoms with Crippen LogP contribution in [0.2, 0.25) is 0 Å². The summed E-state index contributed by atoms with van der Waals surface area (Å²) in [6.45, 7) is 7.08. The number of nitrogens with zero attached hydrogens (tertiary/aromatic N) is 2. The van der Waals surface area contributed by atoms with Gasteiger partial charge in [-0.25, -0.2) is 14.8 Å². The molecule has 3 aliphatic rings. The Bertz CT molecular complexity index is 1860. The van der Waals surface area contributed by atoms with E-state index >= 15 is 0 Å². The molecule has 4 aromatic rings. The molecule has 5 heterocycles. The van der Waals surface area contributed by atoms with Gasteiger partial charge in [-0.3, -0.25) is 9.59 Å². The van der Waals surface area contributed by atoms with Crippen molar-refractivity contribution < 1.29 is 37.8 Å². The molecule has 7 rings (SSSR count). The molecule has 2 amide bonds. The van der Waals surface area contributed by atoms with Crippen molar-refractivity contribution in [2.45, 2.75) is 70.2 Å². The molecule has 13 heteroatoms. The minimum atomic E-state index is -1.32. The van der Waals surface area contributed by atoms with Gasteiger partial charge in [-0.15, -0.1) is 0 Å². The monoisotopic (exact) mass is 643 g/mol. The number of ether oxygens (including phenoxy) is 2. The summed E-state index contributed by atoms with van der Waals surface area (Å²) in [5.74, 6) is 0.166. The van der Waals surface area contributed by atoms with Crippen molar-refractivity contribution in [3.05, 3.63) is 82.8 Å². The summed E-state index contributed by atoms with van der Waals surface area (Å²) in [6.07, 6.45) is 1.95. The molecule has 3 aliphatic heterocycles. The number of carbonyl (C=O) groups is 3. The molecule has 1 spiro atoms. The van der Waals surface area contributed by atoms with Crippen molar-refractivity contribution in [2.75, 3.05) is 12.4 Å². The molecule has 4 atom stereocenters. The third-order valence-electron chi connectivity index (χ3n) is 8.96. The van der Waals surface area contributed by atoms with Gasteiger partial charge in [-0.05, 0) is 48.9 Å². The first-order valence-electron chi connectivity index (χ1n) is 15.4. The number of amides is 2. The maximum absolute atomic E-state index is 13.0. The van der Waals surface area contributed by atoms with Gasteiger partial charge in [0, 0.05) is 17.7 Å². The number of nitrogens with two attached hydrogens (primary N) is 1. The van der Waals surface area contributed by atoms with Gasteiger partial charge >= 0.3 is 5.97 Å². The number of fused-ring (bicyclic) bond motifs is 4. The number of para-hydroxylation sites is 1. The number of carbonyl (C=O) groups excluding carboxylic acids is 3. The average Bonchev–Trinajstić information content (AvgIpc) is 3.83. The lowest BCUT2D eigenvalue weighted by atomic mass is 9.72. The predicted octanol–water partition coefficient (Wildman–Crippen LogP) is 3.99. The zero-order chi connectivity index (χ0) is 33.7. The molecule has 0 fully saturated rings. The fourth-order valence-electron chi connectivity index (χ4n) is 6.04. The number of aryl methyl sites for hydroxylation is 1. The minimum absolute atomic E-state index is 0.0129. The Labute approximate surface area is 270 Å². The largest absolute Gasteiger partial charge is 0.469 e. The smallest absolute Gasteiger partial charge is 0.360 e. The number of anilines is 1. The molecule has 2 aromatic heterocycles. The molecule has 2 aromatic carbocycles. The van der Waals surface area contributed by atoms with Gasteiger partial charge in [0.25, 0.3) is 0 Å². The van der Waals surface area contributed by atoms with Crippen LogP contribution in [0.4, 0.5) is 5.69 Å². The van der Waals surface area contributed by atoms with Crippen LogP contribution in [0.3, 0.4) is 0 Å². The van der Waals surface area contributed by atoms with Crippen molar-refractivity contribution in [1.82, 2.24) is 15.3 Å². The first-order chi connectivity index (χ1) is 22.4. The minimum Gasteiger partial charge on any atom is -0.469 e. The number of aliphatic hydroxyl groups is 1. The van der Waals surface area contributed by atoms with E-state index in [2.05, 4.69) is 21.7 Å². The summed E-state index contributed by atoms with van der Waals surface area (Å²) in [5.41, 5.74) is 6.64. The van der Waals surface area contributed by atoms with Gasteiger partial charge in [0.1, 0.15) is 29.1 Å². The molecule has 13 nitrogen and oxygen atoms in total. The molecule has 3 unspecified atom stereocenters. The van der Waals surface area contributed by atoms with Crippen molar-refractivity contribution >= 4 is 23.5 Å². The van der Waals surface area contributed by atoms with Crippen molar-refractivity contribution in [2.24, 2.45) is 11.7 Å². The van der Waals surface area contributed by atoms with Crippen LogP contribution in [0.5, 0.6) is 5.75 Å². The number of aromatic nitrogens is 2. The third kappa shape index (κ3) is 5.29. The molecule has 0 radical (unpaired) electrons. The fourth-order valence-corrected chi connectivity index (χ4v) is 6.04. The van der Waals surface area contributed by atoms with Crippen LogP contribution in [-0.4, -0.2) is 51.8 Å². The Morgan fingerprint density at radius 1 is 1.15 bits per heavy atom. The first kappa shape index (κ1) is 31.8. The maximum Gasteiger partial charge on any atom is 0.360 e. The highest BCUT2D eigenvalue weighted by atomic mass is 16.5. The van der Waals surface area contributed by atoms with Crippen LogP contribution in [0.1, 0.15) is 85.4 Å². The molecule has 0 aliphatic carbocycles. The van der Waals surface area contributed by atoms with E-state index in [-0.39, 0.29) is 23.4 Å². The quantitative estimate of drug-likeness (QED) is 0.230. The Morgan fingerprint density at radius 3 is 2.60 bits per heavy atom. The van der Waals surface area contributed by atoms with E-state index in [0.717, 1.165) is 22.4 Å². The van der Waals surface area contributed by atoms with Crippen molar-refractivity contribution in [1.29, 1.82) is 0 Å². The SMILES string of the molecule is CCC(C)(O)C(N)=O.COC(=O)c1coc(-c2nc3oc2[C@@]24c5ccccc5NC2Oc2ccc(cc24)CCC(=O)NC3C(C)C)n1. The maximum atomic E-state index is 13.0. The number of oxazole rings is 2. The fraction of sp³-hybridized carbons (Fsp3) is 0.382. The summed E-state index contributed by atoms with van der Waals surface area (Å²) in [7, 11) is 1.28. The summed E-state index contributed by atoms with van der Waals surface area (Å²) in [5, 5.41) is 15.6. The molecule has 4 bridgehead atoms. The Balaban J connectivity index is 0.000000431. The van der Waals surface area contributed by atoms with Crippen LogP contribution >= 0.6 is 0 Å². The van der Waals surface area contributed by atoms with Crippen LogP contribution < -0.4 is 21.1 Å². The van der Waals surface area contributed by atoms with Gasteiger partial charge < -0.3 is 39.8 Å².